The molecule has 118 valence electrons. The van der Waals surface area contributed by atoms with Crippen LogP contribution < -0.4 is 21.3 Å². The smallest absolute Gasteiger partial charge is 0.322 e. The lowest BCUT2D eigenvalue weighted by molar-refractivity contribution is -0.123. The maximum absolute atomic E-state index is 11.9. The first-order chi connectivity index (χ1) is 10.5. The molecule has 1 saturated heterocycles. The summed E-state index contributed by atoms with van der Waals surface area (Å²) in [6, 6.07) is 6.40. The summed E-state index contributed by atoms with van der Waals surface area (Å²) in [5.41, 5.74) is 0.0928. The average molecular weight is 304 g/mol. The Morgan fingerprint density at radius 2 is 2.09 bits per heavy atom. The van der Waals surface area contributed by atoms with Crippen molar-refractivity contribution in [3.63, 3.8) is 0 Å². The number of carbonyl (C=O) groups excluding carboxylic acids is 3. The zero-order valence-corrected chi connectivity index (χ0v) is 12.7. The Bertz CT molecular complexity index is 602. The van der Waals surface area contributed by atoms with E-state index in [1.807, 2.05) is 7.05 Å². The number of nitrogens with one attached hydrogen (secondary N) is 4. The van der Waals surface area contributed by atoms with Gasteiger partial charge in [-0.05, 0) is 44.6 Å². The molecule has 22 heavy (non-hydrogen) atoms. The third-order valence-corrected chi connectivity index (χ3v) is 3.60. The molecular formula is C15H20N4O3. The van der Waals surface area contributed by atoms with Crippen LogP contribution in [-0.4, -0.2) is 31.4 Å². The quantitative estimate of drug-likeness (QED) is 0.459. The van der Waals surface area contributed by atoms with E-state index in [0.29, 0.717) is 17.7 Å². The molecule has 0 saturated carbocycles. The van der Waals surface area contributed by atoms with Gasteiger partial charge >= 0.3 is 6.03 Å². The van der Waals surface area contributed by atoms with Gasteiger partial charge in [0, 0.05) is 12.1 Å². The molecule has 1 heterocycles. The van der Waals surface area contributed by atoms with Gasteiger partial charge in [-0.15, -0.1) is 0 Å². The zero-order valence-electron chi connectivity index (χ0n) is 12.7. The Hall–Kier alpha value is -2.41. The fourth-order valence-corrected chi connectivity index (χ4v) is 2.30. The van der Waals surface area contributed by atoms with Crippen molar-refractivity contribution in [2.75, 3.05) is 18.9 Å². The molecule has 1 atom stereocenters. The first-order valence-electron chi connectivity index (χ1n) is 7.14. The maximum Gasteiger partial charge on any atom is 0.322 e. The van der Waals surface area contributed by atoms with Crippen LogP contribution in [0.1, 0.15) is 25.3 Å². The number of anilines is 1. The molecule has 0 spiro atoms. The highest BCUT2D eigenvalue weighted by molar-refractivity contribution is 6.07. The number of imide groups is 1. The molecule has 1 fully saturated rings. The number of hydrogen-bond donors (Lipinski definition) is 4. The molecule has 4 amide bonds. The molecule has 4 N–H and O–H groups in total. The summed E-state index contributed by atoms with van der Waals surface area (Å²) in [5.74, 6) is -0.493. The third-order valence-electron chi connectivity index (χ3n) is 3.60. The van der Waals surface area contributed by atoms with Crippen LogP contribution in [0.4, 0.5) is 10.5 Å². The lowest BCUT2D eigenvalue weighted by Gasteiger charge is -2.21. The van der Waals surface area contributed by atoms with E-state index >= 15 is 0 Å². The highest BCUT2D eigenvalue weighted by Crippen LogP contribution is 2.26. The number of hydrogen-bond acceptors (Lipinski definition) is 4. The number of amides is 4. The van der Waals surface area contributed by atoms with Crippen molar-refractivity contribution in [3.8, 4) is 0 Å². The second kappa shape index (κ2) is 6.57. The summed E-state index contributed by atoms with van der Waals surface area (Å²) in [6.07, 6.45) is 1.16. The molecule has 0 bridgehead atoms. The molecule has 1 aliphatic heterocycles. The fraction of sp³-hybridized carbons (Fsp3) is 0.400. The summed E-state index contributed by atoms with van der Waals surface area (Å²) in [6.45, 7) is 2.40. The Balaban J connectivity index is 2.09. The van der Waals surface area contributed by atoms with Gasteiger partial charge in [-0.2, -0.15) is 0 Å². The number of rotatable bonds is 6. The maximum atomic E-state index is 11.9. The van der Waals surface area contributed by atoms with Crippen molar-refractivity contribution in [2.24, 2.45) is 0 Å². The van der Waals surface area contributed by atoms with Crippen molar-refractivity contribution >= 4 is 23.5 Å². The third kappa shape index (κ3) is 3.43. The largest absolute Gasteiger partial charge is 0.326 e. The van der Waals surface area contributed by atoms with Crippen molar-refractivity contribution in [1.82, 2.24) is 16.0 Å². The standard InChI is InChI=1S/C15H20N4O3/c1-15(13(21)18-14(22)19-15)10-5-3-6-11(9-10)17-12(20)7-4-8-16-2/h3,5-6,9,16H,4,7-8H2,1-2H3,(H,17,20)(H2,18,19,21,22). The number of benzene rings is 1. The summed E-state index contributed by atoms with van der Waals surface area (Å²) >= 11 is 0. The first kappa shape index (κ1) is 16.0. The van der Waals surface area contributed by atoms with Crippen LogP contribution in [0.25, 0.3) is 0 Å². The molecule has 0 radical (unpaired) electrons. The van der Waals surface area contributed by atoms with Crippen LogP contribution in [0, 0.1) is 0 Å². The Labute approximate surface area is 128 Å². The van der Waals surface area contributed by atoms with E-state index in [-0.39, 0.29) is 5.91 Å². The fourth-order valence-electron chi connectivity index (χ4n) is 2.30. The van der Waals surface area contributed by atoms with Crippen LogP contribution in [0.5, 0.6) is 0 Å². The lowest BCUT2D eigenvalue weighted by Crippen LogP contribution is -2.40. The van der Waals surface area contributed by atoms with E-state index in [1.54, 1.807) is 31.2 Å². The van der Waals surface area contributed by atoms with Crippen LogP contribution in [0.2, 0.25) is 0 Å². The van der Waals surface area contributed by atoms with Gasteiger partial charge in [-0.1, -0.05) is 12.1 Å². The van der Waals surface area contributed by atoms with Gasteiger partial charge in [-0.3, -0.25) is 14.9 Å². The Morgan fingerprint density at radius 3 is 2.73 bits per heavy atom. The normalized spacial score (nSPS) is 20.5. The minimum atomic E-state index is -1.12. The minimum absolute atomic E-state index is 0.0857. The molecule has 1 unspecified atom stereocenters. The second-order valence-electron chi connectivity index (χ2n) is 5.37. The van der Waals surface area contributed by atoms with Crippen molar-refractivity contribution < 1.29 is 14.4 Å². The SMILES string of the molecule is CNCCCC(=O)Nc1cccc(C2(C)NC(=O)NC2=O)c1. The topological polar surface area (TPSA) is 99.3 Å². The van der Waals surface area contributed by atoms with Crippen LogP contribution >= 0.6 is 0 Å². The van der Waals surface area contributed by atoms with E-state index in [4.69, 9.17) is 0 Å². The average Bonchev–Trinajstić information content (AvgIpc) is 2.73. The molecule has 2 rings (SSSR count). The molecule has 7 heteroatoms. The van der Waals surface area contributed by atoms with Crippen molar-refractivity contribution in [2.45, 2.75) is 25.3 Å². The highest BCUT2D eigenvalue weighted by atomic mass is 16.2. The molecule has 1 aromatic carbocycles. The monoisotopic (exact) mass is 304 g/mol. The van der Waals surface area contributed by atoms with Crippen LogP contribution in [-0.2, 0) is 15.1 Å². The zero-order chi connectivity index (χ0) is 16.2. The van der Waals surface area contributed by atoms with Gasteiger partial charge in [-0.25, -0.2) is 4.79 Å². The number of carbonyl (C=O) groups is 3. The summed E-state index contributed by atoms with van der Waals surface area (Å²) in [7, 11) is 1.84. The predicted octanol–water partition coefficient (Wildman–Crippen LogP) is 0.679. The summed E-state index contributed by atoms with van der Waals surface area (Å²) in [4.78, 5) is 35.1. The lowest BCUT2D eigenvalue weighted by atomic mass is 9.92. The molecular weight excluding hydrogens is 284 g/mol. The molecule has 7 nitrogen and oxygen atoms in total. The molecule has 0 aliphatic carbocycles. The van der Waals surface area contributed by atoms with Crippen LogP contribution in [0.15, 0.2) is 24.3 Å². The second-order valence-corrected chi connectivity index (χ2v) is 5.37. The molecule has 1 aromatic rings. The van der Waals surface area contributed by atoms with E-state index in [0.717, 1.165) is 13.0 Å². The minimum Gasteiger partial charge on any atom is -0.326 e. The van der Waals surface area contributed by atoms with Gasteiger partial charge in [0.05, 0.1) is 0 Å². The predicted molar refractivity (Wildman–Crippen MR) is 82.3 cm³/mol. The summed E-state index contributed by atoms with van der Waals surface area (Å²) < 4.78 is 0. The molecule has 0 aromatic heterocycles. The van der Waals surface area contributed by atoms with E-state index in [9.17, 15) is 14.4 Å². The van der Waals surface area contributed by atoms with E-state index in [2.05, 4.69) is 21.3 Å². The van der Waals surface area contributed by atoms with Gasteiger partial charge in [0.2, 0.25) is 5.91 Å². The van der Waals surface area contributed by atoms with Gasteiger partial charge in [0.1, 0.15) is 5.54 Å². The Kier molecular flexibility index (Phi) is 4.77. The van der Waals surface area contributed by atoms with Crippen molar-refractivity contribution in [3.05, 3.63) is 29.8 Å². The first-order valence-corrected chi connectivity index (χ1v) is 7.14. The number of urea groups is 1. The van der Waals surface area contributed by atoms with E-state index in [1.165, 1.54) is 0 Å². The van der Waals surface area contributed by atoms with Gasteiger partial charge in [0.25, 0.3) is 5.91 Å². The molecule has 1 aliphatic rings. The van der Waals surface area contributed by atoms with Gasteiger partial charge in [0.15, 0.2) is 0 Å². The Morgan fingerprint density at radius 1 is 1.32 bits per heavy atom. The van der Waals surface area contributed by atoms with E-state index < -0.39 is 17.5 Å². The highest BCUT2D eigenvalue weighted by Gasteiger charge is 2.43. The van der Waals surface area contributed by atoms with Crippen LogP contribution in [0.3, 0.4) is 0 Å². The van der Waals surface area contributed by atoms with Crippen molar-refractivity contribution in [1.29, 1.82) is 0 Å². The summed E-state index contributed by atoms with van der Waals surface area (Å²) in [5, 5.41) is 10.6. The van der Waals surface area contributed by atoms with Gasteiger partial charge < -0.3 is 16.0 Å².